The van der Waals surface area contributed by atoms with E-state index in [1.54, 1.807) is 0 Å². The van der Waals surface area contributed by atoms with Crippen LogP contribution in [0.25, 0.3) is 0 Å². The minimum absolute atomic E-state index is 0. The molecule has 2 unspecified atom stereocenters. The molecule has 2 aliphatic heterocycles. The van der Waals surface area contributed by atoms with Crippen molar-refractivity contribution in [1.82, 2.24) is 15.5 Å². The topological polar surface area (TPSA) is 61.4 Å². The largest absolute Gasteiger partial charge is 0.354 e. The van der Waals surface area contributed by atoms with E-state index in [1.807, 2.05) is 4.90 Å². The van der Waals surface area contributed by atoms with Crippen molar-refractivity contribution in [2.24, 2.45) is 11.8 Å². The molecular formula is C15H26ClN3O2. The van der Waals surface area contributed by atoms with Crippen LogP contribution in [0.1, 0.15) is 38.5 Å². The number of nitrogens with zero attached hydrogens (tertiary/aromatic N) is 1. The first-order valence-electron chi connectivity index (χ1n) is 8.04. The molecule has 2 heterocycles. The Hall–Kier alpha value is -0.810. The van der Waals surface area contributed by atoms with Gasteiger partial charge in [0.15, 0.2) is 0 Å². The van der Waals surface area contributed by atoms with Crippen molar-refractivity contribution in [2.75, 3.05) is 26.2 Å². The zero-order valence-corrected chi connectivity index (χ0v) is 13.3. The second-order valence-electron chi connectivity index (χ2n) is 6.44. The molecule has 5 nitrogen and oxygen atoms in total. The van der Waals surface area contributed by atoms with Crippen molar-refractivity contribution in [3.63, 3.8) is 0 Å². The normalized spacial score (nSPS) is 28.9. The fourth-order valence-electron chi connectivity index (χ4n) is 3.28. The maximum absolute atomic E-state index is 12.2. The van der Waals surface area contributed by atoms with Gasteiger partial charge in [-0.2, -0.15) is 0 Å². The average molecular weight is 316 g/mol. The van der Waals surface area contributed by atoms with Gasteiger partial charge in [-0.3, -0.25) is 9.59 Å². The summed E-state index contributed by atoms with van der Waals surface area (Å²) in [5, 5.41) is 6.45. The van der Waals surface area contributed by atoms with E-state index in [2.05, 4.69) is 10.6 Å². The number of piperidine rings is 1. The Morgan fingerprint density at radius 3 is 2.57 bits per heavy atom. The Kier molecular flexibility index (Phi) is 5.88. The van der Waals surface area contributed by atoms with E-state index < -0.39 is 0 Å². The lowest BCUT2D eigenvalue weighted by atomic mass is 9.96. The number of hydrogen-bond donors (Lipinski definition) is 2. The van der Waals surface area contributed by atoms with Crippen LogP contribution in [0.5, 0.6) is 0 Å². The lowest BCUT2D eigenvalue weighted by Gasteiger charge is -2.32. The van der Waals surface area contributed by atoms with Gasteiger partial charge in [0.2, 0.25) is 11.8 Å². The summed E-state index contributed by atoms with van der Waals surface area (Å²) in [6, 6.07) is 0.437. The van der Waals surface area contributed by atoms with Gasteiger partial charge in [0.1, 0.15) is 0 Å². The summed E-state index contributed by atoms with van der Waals surface area (Å²) in [4.78, 5) is 26.2. The monoisotopic (exact) mass is 315 g/mol. The number of rotatable bonds is 4. The molecule has 3 fully saturated rings. The van der Waals surface area contributed by atoms with Crippen molar-refractivity contribution in [2.45, 2.75) is 44.6 Å². The van der Waals surface area contributed by atoms with Crippen molar-refractivity contribution in [3.8, 4) is 0 Å². The number of carbonyl (C=O) groups is 2. The first-order chi connectivity index (χ1) is 9.74. The zero-order chi connectivity index (χ0) is 13.9. The summed E-state index contributed by atoms with van der Waals surface area (Å²) in [5.74, 6) is 0.666. The van der Waals surface area contributed by atoms with Gasteiger partial charge in [-0.1, -0.05) is 0 Å². The molecule has 6 heteroatoms. The molecule has 0 aromatic heterocycles. The lowest BCUT2D eigenvalue weighted by molar-refractivity contribution is -0.136. The molecule has 2 N–H and O–H groups in total. The predicted molar refractivity (Wildman–Crippen MR) is 83.3 cm³/mol. The molecule has 0 aromatic carbocycles. The van der Waals surface area contributed by atoms with Crippen molar-refractivity contribution in [3.05, 3.63) is 0 Å². The molecule has 0 radical (unpaired) electrons. The van der Waals surface area contributed by atoms with E-state index in [1.165, 1.54) is 6.42 Å². The van der Waals surface area contributed by atoms with Crippen LogP contribution in [-0.4, -0.2) is 48.9 Å². The van der Waals surface area contributed by atoms with Gasteiger partial charge < -0.3 is 15.5 Å². The van der Waals surface area contributed by atoms with Gasteiger partial charge in [-0.25, -0.2) is 0 Å². The minimum atomic E-state index is -0.00662. The Bertz CT molecular complexity index is 381. The lowest BCUT2D eigenvalue weighted by Crippen LogP contribution is -2.47. The highest BCUT2D eigenvalue weighted by Crippen LogP contribution is 2.32. The second kappa shape index (κ2) is 7.45. The molecule has 1 aliphatic carbocycles. The molecule has 120 valence electrons. The molecule has 3 rings (SSSR count). The second-order valence-corrected chi connectivity index (χ2v) is 6.44. The van der Waals surface area contributed by atoms with Gasteiger partial charge in [-0.15, -0.1) is 12.4 Å². The third kappa shape index (κ3) is 4.33. The molecule has 0 aromatic rings. The molecule has 2 saturated heterocycles. The molecular weight excluding hydrogens is 290 g/mol. The van der Waals surface area contributed by atoms with Crippen LogP contribution in [0.4, 0.5) is 0 Å². The van der Waals surface area contributed by atoms with E-state index >= 15 is 0 Å². The van der Waals surface area contributed by atoms with E-state index in [-0.39, 0.29) is 36.1 Å². The fraction of sp³-hybridized carbons (Fsp3) is 0.867. The van der Waals surface area contributed by atoms with E-state index in [0.717, 1.165) is 51.7 Å². The van der Waals surface area contributed by atoms with Crippen LogP contribution in [0.15, 0.2) is 0 Å². The molecule has 0 bridgehead atoms. The van der Waals surface area contributed by atoms with E-state index in [9.17, 15) is 9.59 Å². The summed E-state index contributed by atoms with van der Waals surface area (Å²) >= 11 is 0. The molecule has 2 amide bonds. The van der Waals surface area contributed by atoms with Gasteiger partial charge in [0.25, 0.3) is 0 Å². The van der Waals surface area contributed by atoms with Crippen LogP contribution in [0, 0.1) is 11.8 Å². The third-order valence-electron chi connectivity index (χ3n) is 4.72. The number of amides is 2. The Morgan fingerprint density at radius 2 is 1.90 bits per heavy atom. The minimum Gasteiger partial charge on any atom is -0.354 e. The van der Waals surface area contributed by atoms with Gasteiger partial charge in [-0.05, 0) is 45.1 Å². The van der Waals surface area contributed by atoms with E-state index in [0.29, 0.717) is 12.6 Å². The molecule has 21 heavy (non-hydrogen) atoms. The average Bonchev–Trinajstić information content (AvgIpc) is 3.20. The van der Waals surface area contributed by atoms with Crippen molar-refractivity contribution >= 4 is 24.2 Å². The number of likely N-dealkylation sites (tertiary alicyclic amines) is 1. The van der Waals surface area contributed by atoms with Gasteiger partial charge >= 0.3 is 0 Å². The summed E-state index contributed by atoms with van der Waals surface area (Å²) in [5.41, 5.74) is 0. The summed E-state index contributed by atoms with van der Waals surface area (Å²) in [6.45, 7) is 3.25. The summed E-state index contributed by atoms with van der Waals surface area (Å²) < 4.78 is 0. The van der Waals surface area contributed by atoms with E-state index in [4.69, 9.17) is 0 Å². The van der Waals surface area contributed by atoms with Gasteiger partial charge in [0.05, 0.1) is 5.92 Å². The molecule has 0 spiro atoms. The van der Waals surface area contributed by atoms with Crippen LogP contribution in [-0.2, 0) is 9.59 Å². The van der Waals surface area contributed by atoms with Crippen LogP contribution in [0.2, 0.25) is 0 Å². The Labute approximate surface area is 132 Å². The Balaban J connectivity index is 0.00000161. The highest BCUT2D eigenvalue weighted by Gasteiger charge is 2.36. The fourth-order valence-corrected chi connectivity index (χ4v) is 3.28. The first-order valence-corrected chi connectivity index (χ1v) is 8.04. The maximum atomic E-state index is 12.2. The van der Waals surface area contributed by atoms with Crippen molar-refractivity contribution < 1.29 is 9.59 Å². The number of hydrogen-bond acceptors (Lipinski definition) is 3. The quantitative estimate of drug-likeness (QED) is 0.811. The standard InChI is InChI=1S/C15H25N3O2.ClH/c19-14(17-9-13-4-1-7-16-13)12-3-2-8-18(10-12)15(20)11-5-6-11;/h11-13,16H,1-10H2,(H,17,19);1H. The van der Waals surface area contributed by atoms with Crippen LogP contribution in [0.3, 0.4) is 0 Å². The summed E-state index contributed by atoms with van der Waals surface area (Å²) in [6.07, 6.45) is 6.31. The van der Waals surface area contributed by atoms with Crippen LogP contribution >= 0.6 is 12.4 Å². The van der Waals surface area contributed by atoms with Crippen molar-refractivity contribution in [1.29, 1.82) is 0 Å². The van der Waals surface area contributed by atoms with Crippen LogP contribution < -0.4 is 10.6 Å². The smallest absolute Gasteiger partial charge is 0.225 e. The highest BCUT2D eigenvalue weighted by atomic mass is 35.5. The van der Waals surface area contributed by atoms with Gasteiger partial charge in [0, 0.05) is 31.6 Å². The Morgan fingerprint density at radius 1 is 1.10 bits per heavy atom. The molecule has 1 saturated carbocycles. The third-order valence-corrected chi connectivity index (χ3v) is 4.72. The first kappa shape index (κ1) is 16.6. The predicted octanol–water partition coefficient (Wildman–Crippen LogP) is 0.925. The molecule has 2 atom stereocenters. The SMILES string of the molecule is Cl.O=C(NCC1CCCN1)C1CCCN(C(=O)C2CC2)C1. The number of halogens is 1. The number of carbonyl (C=O) groups excluding carboxylic acids is 2. The highest BCUT2D eigenvalue weighted by molar-refractivity contribution is 5.85. The summed E-state index contributed by atoms with van der Waals surface area (Å²) in [7, 11) is 0. The zero-order valence-electron chi connectivity index (χ0n) is 12.5. The molecule has 3 aliphatic rings. The maximum Gasteiger partial charge on any atom is 0.225 e. The number of nitrogens with one attached hydrogen (secondary N) is 2.